The minimum absolute atomic E-state index is 0.276. The molecule has 4 nitrogen and oxygen atoms in total. The van der Waals surface area contributed by atoms with E-state index in [2.05, 4.69) is 28.4 Å². The van der Waals surface area contributed by atoms with E-state index in [1.54, 1.807) is 19.1 Å². The van der Waals surface area contributed by atoms with Gasteiger partial charge in [0.15, 0.2) is 0 Å². The number of rotatable bonds is 5. The highest BCUT2D eigenvalue weighted by molar-refractivity contribution is 5.56. The van der Waals surface area contributed by atoms with Crippen molar-refractivity contribution in [2.75, 3.05) is 6.61 Å². The summed E-state index contributed by atoms with van der Waals surface area (Å²) in [7, 11) is 0. The van der Waals surface area contributed by atoms with Gasteiger partial charge in [0.2, 0.25) is 0 Å². The maximum absolute atomic E-state index is 8.49. The molecule has 0 aliphatic heterocycles. The summed E-state index contributed by atoms with van der Waals surface area (Å²) in [5.74, 6) is 6.12. The molecule has 0 unspecified atom stereocenters. The highest BCUT2D eigenvalue weighted by atomic mass is 16.5. The summed E-state index contributed by atoms with van der Waals surface area (Å²) >= 11 is 0. The first-order valence-corrected chi connectivity index (χ1v) is 5.13. The third-order valence-corrected chi connectivity index (χ3v) is 2.06. The Kier molecular flexibility index (Phi) is 5.23. The molecule has 0 heterocycles. The van der Waals surface area contributed by atoms with E-state index < -0.39 is 0 Å². The van der Waals surface area contributed by atoms with Gasteiger partial charge in [0.1, 0.15) is 12.4 Å². The minimum atomic E-state index is 0.276. The largest absolute Gasteiger partial charge is 0.480 e. The standard InChI is InChI=1S/C13H13N3O/c1-3-5-10-17-13-11(7-4-2)8-6-9-12(13)15-16-14/h4,6,8-9H,2,7,10H2,1H3. The summed E-state index contributed by atoms with van der Waals surface area (Å²) < 4.78 is 5.53. The molecule has 1 rings (SSSR count). The molecule has 0 atom stereocenters. The average Bonchev–Trinajstić information content (AvgIpc) is 2.33. The van der Waals surface area contributed by atoms with E-state index >= 15 is 0 Å². The minimum Gasteiger partial charge on any atom is -0.480 e. The number of benzene rings is 1. The SMILES string of the molecule is C=CCc1cccc(N=[N+]=[N-])c1OCC#CC. The summed E-state index contributed by atoms with van der Waals surface area (Å²) in [5, 5.41) is 3.60. The molecule has 0 spiro atoms. The zero-order chi connectivity index (χ0) is 12.5. The van der Waals surface area contributed by atoms with Crippen LogP contribution in [0.2, 0.25) is 0 Å². The van der Waals surface area contributed by atoms with Crippen molar-refractivity contribution < 1.29 is 4.74 Å². The Bertz CT molecular complexity index is 505. The Morgan fingerprint density at radius 1 is 1.59 bits per heavy atom. The van der Waals surface area contributed by atoms with E-state index in [4.69, 9.17) is 10.3 Å². The van der Waals surface area contributed by atoms with Gasteiger partial charge in [-0.3, -0.25) is 0 Å². The van der Waals surface area contributed by atoms with Gasteiger partial charge in [-0.2, -0.15) is 0 Å². The summed E-state index contributed by atoms with van der Waals surface area (Å²) in [5.41, 5.74) is 9.90. The quantitative estimate of drug-likeness (QED) is 0.248. The van der Waals surface area contributed by atoms with Crippen LogP contribution in [-0.2, 0) is 6.42 Å². The van der Waals surface area contributed by atoms with Gasteiger partial charge in [-0.1, -0.05) is 29.2 Å². The highest BCUT2D eigenvalue weighted by Gasteiger charge is 2.07. The summed E-state index contributed by atoms with van der Waals surface area (Å²) in [4.78, 5) is 2.78. The zero-order valence-corrected chi connectivity index (χ0v) is 9.68. The van der Waals surface area contributed by atoms with Crippen molar-refractivity contribution in [2.24, 2.45) is 5.11 Å². The molecular formula is C13H13N3O. The summed E-state index contributed by atoms with van der Waals surface area (Å²) in [6.45, 7) is 5.70. The van der Waals surface area contributed by atoms with Crippen LogP contribution in [0.4, 0.5) is 5.69 Å². The third kappa shape index (κ3) is 3.60. The molecule has 0 aliphatic rings. The van der Waals surface area contributed by atoms with Crippen LogP contribution in [0.15, 0.2) is 36.0 Å². The molecule has 1 aromatic carbocycles. The first-order valence-electron chi connectivity index (χ1n) is 5.13. The molecule has 86 valence electrons. The van der Waals surface area contributed by atoms with Crippen molar-refractivity contribution in [3.63, 3.8) is 0 Å². The number of nitrogens with zero attached hydrogens (tertiary/aromatic N) is 3. The molecule has 0 aliphatic carbocycles. The van der Waals surface area contributed by atoms with Gasteiger partial charge < -0.3 is 4.74 Å². The third-order valence-electron chi connectivity index (χ3n) is 2.06. The fraction of sp³-hybridized carbons (Fsp3) is 0.231. The summed E-state index contributed by atoms with van der Waals surface area (Å²) in [6, 6.07) is 5.44. The number of para-hydroxylation sites is 1. The van der Waals surface area contributed by atoms with Crippen LogP contribution in [0.5, 0.6) is 5.75 Å². The molecule has 0 radical (unpaired) electrons. The molecule has 0 N–H and O–H groups in total. The average molecular weight is 227 g/mol. The molecule has 17 heavy (non-hydrogen) atoms. The van der Waals surface area contributed by atoms with Crippen LogP contribution in [-0.4, -0.2) is 6.61 Å². The van der Waals surface area contributed by atoms with Crippen LogP contribution in [0.25, 0.3) is 10.4 Å². The molecule has 0 saturated heterocycles. The Morgan fingerprint density at radius 2 is 2.41 bits per heavy atom. The number of azide groups is 1. The van der Waals surface area contributed by atoms with Gasteiger partial charge in [0.25, 0.3) is 0 Å². The van der Waals surface area contributed by atoms with Crippen molar-refractivity contribution in [3.8, 4) is 17.6 Å². The van der Waals surface area contributed by atoms with Gasteiger partial charge in [0.05, 0.1) is 5.69 Å². The van der Waals surface area contributed by atoms with Crippen molar-refractivity contribution in [1.29, 1.82) is 0 Å². The fourth-order valence-corrected chi connectivity index (χ4v) is 1.36. The van der Waals surface area contributed by atoms with E-state index in [-0.39, 0.29) is 6.61 Å². The smallest absolute Gasteiger partial charge is 0.149 e. The van der Waals surface area contributed by atoms with Gasteiger partial charge in [-0.15, -0.1) is 12.5 Å². The molecule has 0 saturated carbocycles. The molecular weight excluding hydrogens is 214 g/mol. The lowest BCUT2D eigenvalue weighted by Gasteiger charge is -2.10. The Balaban J connectivity index is 3.10. The van der Waals surface area contributed by atoms with Gasteiger partial charge in [0, 0.05) is 4.91 Å². The molecule has 0 fully saturated rings. The van der Waals surface area contributed by atoms with Crippen molar-refractivity contribution in [2.45, 2.75) is 13.3 Å². The summed E-state index contributed by atoms with van der Waals surface area (Å²) in [6.07, 6.45) is 2.43. The topological polar surface area (TPSA) is 58.0 Å². The van der Waals surface area contributed by atoms with Gasteiger partial charge in [-0.25, -0.2) is 0 Å². The van der Waals surface area contributed by atoms with Crippen LogP contribution in [0, 0.1) is 11.8 Å². The molecule has 0 aromatic heterocycles. The predicted molar refractivity (Wildman–Crippen MR) is 68.1 cm³/mol. The maximum atomic E-state index is 8.49. The lowest BCUT2D eigenvalue weighted by Crippen LogP contribution is -1.98. The number of allylic oxidation sites excluding steroid dienone is 1. The van der Waals surface area contributed by atoms with Gasteiger partial charge >= 0.3 is 0 Å². The normalized spacial score (nSPS) is 8.53. The van der Waals surface area contributed by atoms with Crippen molar-refractivity contribution in [3.05, 3.63) is 46.9 Å². The van der Waals surface area contributed by atoms with Crippen LogP contribution in [0.1, 0.15) is 12.5 Å². The lowest BCUT2D eigenvalue weighted by molar-refractivity contribution is 0.368. The Labute approximate surface area is 101 Å². The van der Waals surface area contributed by atoms with E-state index in [0.29, 0.717) is 17.9 Å². The number of hydrogen-bond donors (Lipinski definition) is 0. The number of ether oxygens (including phenoxy) is 1. The van der Waals surface area contributed by atoms with E-state index in [1.807, 2.05) is 12.1 Å². The predicted octanol–water partition coefficient (Wildman–Crippen LogP) is 3.76. The maximum Gasteiger partial charge on any atom is 0.149 e. The second-order valence-corrected chi connectivity index (χ2v) is 3.16. The number of hydrogen-bond acceptors (Lipinski definition) is 2. The second-order valence-electron chi connectivity index (χ2n) is 3.16. The Morgan fingerprint density at radius 3 is 3.06 bits per heavy atom. The lowest BCUT2D eigenvalue weighted by atomic mass is 10.1. The van der Waals surface area contributed by atoms with Crippen LogP contribution in [0.3, 0.4) is 0 Å². The first-order chi connectivity index (χ1) is 8.33. The highest BCUT2D eigenvalue weighted by Crippen LogP contribution is 2.32. The van der Waals surface area contributed by atoms with Gasteiger partial charge in [-0.05, 0) is 30.5 Å². The Hall–Kier alpha value is -2.37. The molecule has 1 aromatic rings. The van der Waals surface area contributed by atoms with Crippen molar-refractivity contribution >= 4 is 5.69 Å². The fourth-order valence-electron chi connectivity index (χ4n) is 1.36. The van der Waals surface area contributed by atoms with E-state index in [1.165, 1.54) is 0 Å². The van der Waals surface area contributed by atoms with Crippen molar-refractivity contribution in [1.82, 2.24) is 0 Å². The zero-order valence-electron chi connectivity index (χ0n) is 9.68. The van der Waals surface area contributed by atoms with E-state index in [0.717, 1.165) is 5.56 Å². The monoisotopic (exact) mass is 227 g/mol. The van der Waals surface area contributed by atoms with Crippen LogP contribution >= 0.6 is 0 Å². The first kappa shape index (κ1) is 12.7. The molecule has 0 bridgehead atoms. The molecule has 0 amide bonds. The molecule has 4 heteroatoms. The second kappa shape index (κ2) is 7.00. The van der Waals surface area contributed by atoms with E-state index in [9.17, 15) is 0 Å². The van der Waals surface area contributed by atoms with Crippen LogP contribution < -0.4 is 4.74 Å².